The van der Waals surface area contributed by atoms with Crippen molar-refractivity contribution < 1.29 is 14.3 Å². The smallest absolute Gasteiger partial charge is 0.248 e. The minimum atomic E-state index is -0.267. The van der Waals surface area contributed by atoms with E-state index in [0.29, 0.717) is 16.5 Å². The first-order chi connectivity index (χ1) is 10.6. The Morgan fingerprint density at radius 2 is 1.82 bits per heavy atom. The Hall–Kier alpha value is -2.46. The Morgan fingerprint density at radius 1 is 1.09 bits per heavy atom. The lowest BCUT2D eigenvalue weighted by atomic mass is 10.2. The summed E-state index contributed by atoms with van der Waals surface area (Å²) in [6.07, 6.45) is 3.16. The summed E-state index contributed by atoms with van der Waals surface area (Å²) in [4.78, 5) is 12.0. The van der Waals surface area contributed by atoms with Crippen molar-refractivity contribution in [3.63, 3.8) is 0 Å². The quantitative estimate of drug-likeness (QED) is 0.848. The molecule has 0 aliphatic carbocycles. The van der Waals surface area contributed by atoms with Crippen LogP contribution in [-0.2, 0) is 4.79 Å². The molecule has 0 bridgehead atoms. The van der Waals surface area contributed by atoms with Crippen LogP contribution in [0.2, 0.25) is 5.02 Å². The van der Waals surface area contributed by atoms with E-state index in [0.717, 1.165) is 11.3 Å². The van der Waals surface area contributed by atoms with Gasteiger partial charge in [-0.25, -0.2) is 0 Å². The van der Waals surface area contributed by atoms with Gasteiger partial charge in [0.2, 0.25) is 5.91 Å². The van der Waals surface area contributed by atoms with Crippen LogP contribution < -0.4 is 14.8 Å². The molecule has 114 valence electrons. The van der Waals surface area contributed by atoms with E-state index in [4.69, 9.17) is 21.1 Å². The molecule has 0 aliphatic heterocycles. The molecule has 2 aromatic rings. The van der Waals surface area contributed by atoms with E-state index in [9.17, 15) is 4.79 Å². The molecule has 0 saturated carbocycles. The third-order valence-electron chi connectivity index (χ3n) is 2.96. The van der Waals surface area contributed by atoms with Gasteiger partial charge in [-0.05, 0) is 42.0 Å². The minimum absolute atomic E-state index is 0.267. The molecule has 2 aromatic carbocycles. The number of carbonyl (C=O) groups is 1. The number of benzene rings is 2. The fourth-order valence-corrected chi connectivity index (χ4v) is 2.01. The number of halogens is 1. The maximum atomic E-state index is 12.0. The van der Waals surface area contributed by atoms with E-state index < -0.39 is 0 Å². The zero-order valence-electron chi connectivity index (χ0n) is 12.3. The van der Waals surface area contributed by atoms with Crippen LogP contribution in [0.25, 0.3) is 6.08 Å². The van der Waals surface area contributed by atoms with Crippen molar-refractivity contribution in [2.24, 2.45) is 0 Å². The molecule has 0 spiro atoms. The van der Waals surface area contributed by atoms with Gasteiger partial charge in [0, 0.05) is 11.1 Å². The highest BCUT2D eigenvalue weighted by Crippen LogP contribution is 2.27. The number of ether oxygens (including phenoxy) is 2. The number of methoxy groups -OCH3 is 2. The van der Waals surface area contributed by atoms with Gasteiger partial charge in [-0.15, -0.1) is 0 Å². The fourth-order valence-electron chi connectivity index (χ4n) is 1.84. The van der Waals surface area contributed by atoms with Gasteiger partial charge in [-0.3, -0.25) is 4.79 Å². The first kappa shape index (κ1) is 15.9. The van der Waals surface area contributed by atoms with Crippen molar-refractivity contribution in [2.45, 2.75) is 0 Å². The molecular weight excluding hydrogens is 302 g/mol. The number of anilines is 1. The van der Waals surface area contributed by atoms with E-state index in [-0.39, 0.29) is 5.91 Å². The number of hydrogen-bond acceptors (Lipinski definition) is 3. The summed E-state index contributed by atoms with van der Waals surface area (Å²) < 4.78 is 10.3. The highest BCUT2D eigenvalue weighted by atomic mass is 35.5. The third kappa shape index (κ3) is 4.27. The van der Waals surface area contributed by atoms with Gasteiger partial charge >= 0.3 is 0 Å². The first-order valence-electron chi connectivity index (χ1n) is 6.59. The highest BCUT2D eigenvalue weighted by Gasteiger charge is 2.06. The molecule has 22 heavy (non-hydrogen) atoms. The normalized spacial score (nSPS) is 10.5. The summed E-state index contributed by atoms with van der Waals surface area (Å²) in [6, 6.07) is 12.4. The van der Waals surface area contributed by atoms with Crippen molar-refractivity contribution in [3.8, 4) is 11.5 Å². The number of carbonyl (C=O) groups excluding carboxylic acids is 1. The predicted octanol–water partition coefficient (Wildman–Crippen LogP) is 4.01. The second-order valence-electron chi connectivity index (χ2n) is 4.44. The number of amides is 1. The fraction of sp³-hybridized carbons (Fsp3) is 0.118. The average molecular weight is 318 g/mol. The lowest BCUT2D eigenvalue weighted by molar-refractivity contribution is -0.111. The Bertz CT molecular complexity index is 681. The molecule has 0 aromatic heterocycles. The van der Waals surface area contributed by atoms with Crippen molar-refractivity contribution >= 4 is 29.3 Å². The molecule has 2 rings (SSSR count). The van der Waals surface area contributed by atoms with Crippen LogP contribution in [0.1, 0.15) is 5.56 Å². The zero-order chi connectivity index (χ0) is 15.9. The van der Waals surface area contributed by atoms with Gasteiger partial charge in [0.1, 0.15) is 11.5 Å². The van der Waals surface area contributed by atoms with E-state index in [1.165, 1.54) is 13.2 Å². The molecule has 1 N–H and O–H groups in total. The second kappa shape index (κ2) is 7.52. The largest absolute Gasteiger partial charge is 0.497 e. The molecule has 4 nitrogen and oxygen atoms in total. The summed E-state index contributed by atoms with van der Waals surface area (Å²) in [5, 5.41) is 3.26. The van der Waals surface area contributed by atoms with Crippen LogP contribution in [0.3, 0.4) is 0 Å². The van der Waals surface area contributed by atoms with Crippen LogP contribution in [0.5, 0.6) is 11.5 Å². The number of nitrogens with one attached hydrogen (secondary N) is 1. The van der Waals surface area contributed by atoms with E-state index in [1.54, 1.807) is 31.4 Å². The molecule has 5 heteroatoms. The van der Waals surface area contributed by atoms with Gasteiger partial charge in [0.15, 0.2) is 0 Å². The minimum Gasteiger partial charge on any atom is -0.497 e. The van der Waals surface area contributed by atoms with E-state index in [1.807, 2.05) is 24.3 Å². The van der Waals surface area contributed by atoms with E-state index in [2.05, 4.69) is 5.32 Å². The topological polar surface area (TPSA) is 47.6 Å². The van der Waals surface area contributed by atoms with Crippen molar-refractivity contribution in [1.29, 1.82) is 0 Å². The van der Waals surface area contributed by atoms with Crippen molar-refractivity contribution in [2.75, 3.05) is 19.5 Å². The lowest BCUT2D eigenvalue weighted by Gasteiger charge is -2.08. The predicted molar refractivity (Wildman–Crippen MR) is 88.7 cm³/mol. The summed E-state index contributed by atoms with van der Waals surface area (Å²) in [5.41, 5.74) is 1.42. The van der Waals surface area contributed by atoms with Crippen molar-refractivity contribution in [1.82, 2.24) is 0 Å². The number of hydrogen-bond donors (Lipinski definition) is 1. The Kier molecular flexibility index (Phi) is 5.44. The Morgan fingerprint density at radius 3 is 2.45 bits per heavy atom. The molecule has 0 atom stereocenters. The van der Waals surface area contributed by atoms with E-state index >= 15 is 0 Å². The van der Waals surface area contributed by atoms with Gasteiger partial charge in [0.05, 0.1) is 19.9 Å². The molecular formula is C17H16ClNO3. The van der Waals surface area contributed by atoms with Gasteiger partial charge in [-0.1, -0.05) is 23.7 Å². The molecule has 0 unspecified atom stereocenters. The van der Waals surface area contributed by atoms with Crippen LogP contribution in [-0.4, -0.2) is 20.1 Å². The molecule has 0 aliphatic rings. The maximum absolute atomic E-state index is 12.0. The van der Waals surface area contributed by atoms with Gasteiger partial charge in [-0.2, -0.15) is 0 Å². The molecule has 0 saturated heterocycles. The highest BCUT2D eigenvalue weighted by molar-refractivity contribution is 6.31. The Balaban J connectivity index is 2.06. The summed E-state index contributed by atoms with van der Waals surface area (Å²) in [7, 11) is 3.14. The molecule has 0 fully saturated rings. The maximum Gasteiger partial charge on any atom is 0.248 e. The van der Waals surface area contributed by atoms with Gasteiger partial charge < -0.3 is 14.8 Å². The van der Waals surface area contributed by atoms with Crippen LogP contribution in [0, 0.1) is 0 Å². The average Bonchev–Trinajstić information content (AvgIpc) is 2.53. The SMILES string of the molecule is COc1ccc(/C=C/C(=O)Nc2cc(Cl)ccc2OC)cc1. The van der Waals surface area contributed by atoms with Crippen LogP contribution >= 0.6 is 11.6 Å². The molecule has 0 radical (unpaired) electrons. The zero-order valence-corrected chi connectivity index (χ0v) is 13.1. The summed E-state index contributed by atoms with van der Waals surface area (Å²) >= 11 is 5.92. The Labute approximate surface area is 134 Å². The number of rotatable bonds is 5. The summed E-state index contributed by atoms with van der Waals surface area (Å²) in [6.45, 7) is 0. The van der Waals surface area contributed by atoms with Gasteiger partial charge in [0.25, 0.3) is 0 Å². The molecule has 0 heterocycles. The standard InChI is InChI=1S/C17H16ClNO3/c1-21-14-7-3-12(4-8-14)5-10-17(20)19-15-11-13(18)6-9-16(15)22-2/h3-11H,1-2H3,(H,19,20)/b10-5+. The van der Waals surface area contributed by atoms with Crippen molar-refractivity contribution in [3.05, 3.63) is 59.1 Å². The molecule has 1 amide bonds. The lowest BCUT2D eigenvalue weighted by Crippen LogP contribution is -2.08. The first-order valence-corrected chi connectivity index (χ1v) is 6.97. The van der Waals surface area contributed by atoms with Crippen LogP contribution in [0.4, 0.5) is 5.69 Å². The third-order valence-corrected chi connectivity index (χ3v) is 3.20. The second-order valence-corrected chi connectivity index (χ2v) is 4.88. The van der Waals surface area contributed by atoms with Crippen LogP contribution in [0.15, 0.2) is 48.5 Å². The summed E-state index contributed by atoms with van der Waals surface area (Å²) in [5.74, 6) is 1.05. The monoisotopic (exact) mass is 317 g/mol.